The number of hydrogen-bond donors (Lipinski definition) is 2. The second-order valence-corrected chi connectivity index (χ2v) is 5.13. The molecule has 1 aromatic carbocycles. The topological polar surface area (TPSA) is 83.4 Å². The summed E-state index contributed by atoms with van der Waals surface area (Å²) in [6, 6.07) is 8.80. The van der Waals surface area contributed by atoms with E-state index in [9.17, 15) is 4.79 Å². The van der Waals surface area contributed by atoms with Crippen molar-refractivity contribution in [1.29, 1.82) is 5.26 Å². The van der Waals surface area contributed by atoms with Gasteiger partial charge in [0.05, 0.1) is 7.11 Å². The number of carbonyl (C=O) groups is 1. The molecule has 6 nitrogen and oxygen atoms in total. The number of nitrogens with one attached hydrogen (secondary N) is 2. The Morgan fingerprint density at radius 2 is 1.96 bits per heavy atom. The zero-order chi connectivity index (χ0) is 17.6. The molecule has 0 fully saturated rings. The third kappa shape index (κ3) is 7.65. The predicted molar refractivity (Wildman–Crippen MR) is 93.7 cm³/mol. The van der Waals surface area contributed by atoms with Gasteiger partial charge in [0.25, 0.3) is 5.91 Å². The van der Waals surface area contributed by atoms with Crippen LogP contribution in [0.1, 0.15) is 26.2 Å². The van der Waals surface area contributed by atoms with Gasteiger partial charge in [0.2, 0.25) is 0 Å². The smallest absolute Gasteiger partial charge is 0.267 e. The van der Waals surface area contributed by atoms with Crippen LogP contribution in [0.5, 0.6) is 5.75 Å². The molecule has 0 unspecified atom stereocenters. The van der Waals surface area contributed by atoms with E-state index in [4.69, 9.17) is 14.7 Å². The molecule has 6 heteroatoms. The molecule has 0 radical (unpaired) electrons. The normalized spacial score (nSPS) is 10.8. The van der Waals surface area contributed by atoms with E-state index in [1.807, 2.05) is 6.07 Å². The van der Waals surface area contributed by atoms with Crippen molar-refractivity contribution in [2.45, 2.75) is 26.2 Å². The van der Waals surface area contributed by atoms with Crippen molar-refractivity contribution in [1.82, 2.24) is 5.32 Å². The molecule has 0 saturated carbocycles. The summed E-state index contributed by atoms with van der Waals surface area (Å²) in [5.41, 5.74) is 0.629. The van der Waals surface area contributed by atoms with Crippen molar-refractivity contribution < 1.29 is 14.3 Å². The first-order valence-corrected chi connectivity index (χ1v) is 8.08. The van der Waals surface area contributed by atoms with E-state index >= 15 is 0 Å². The largest absolute Gasteiger partial charge is 0.497 e. The Morgan fingerprint density at radius 1 is 1.25 bits per heavy atom. The molecule has 0 aliphatic rings. The van der Waals surface area contributed by atoms with Crippen LogP contribution in [0.15, 0.2) is 36.0 Å². The van der Waals surface area contributed by atoms with Crippen molar-refractivity contribution >= 4 is 11.6 Å². The van der Waals surface area contributed by atoms with Gasteiger partial charge >= 0.3 is 0 Å². The van der Waals surface area contributed by atoms with Gasteiger partial charge in [0.15, 0.2) is 0 Å². The Morgan fingerprint density at radius 3 is 2.58 bits per heavy atom. The summed E-state index contributed by atoms with van der Waals surface area (Å²) >= 11 is 0. The number of benzene rings is 1. The van der Waals surface area contributed by atoms with Gasteiger partial charge in [-0.3, -0.25) is 4.79 Å². The number of unbranched alkanes of at least 4 members (excludes halogenated alkanes) is 1. The summed E-state index contributed by atoms with van der Waals surface area (Å²) in [7, 11) is 1.57. The van der Waals surface area contributed by atoms with Gasteiger partial charge < -0.3 is 20.1 Å². The molecule has 0 aliphatic carbocycles. The van der Waals surface area contributed by atoms with E-state index in [0.29, 0.717) is 24.6 Å². The highest BCUT2D eigenvalue weighted by atomic mass is 16.5. The molecule has 0 atom stereocenters. The average molecular weight is 331 g/mol. The molecule has 0 heterocycles. The Balaban J connectivity index is 2.35. The number of ether oxygens (including phenoxy) is 2. The Labute approximate surface area is 143 Å². The van der Waals surface area contributed by atoms with E-state index in [-0.39, 0.29) is 5.57 Å². The number of nitriles is 1. The molecule has 1 rings (SSSR count). The first kappa shape index (κ1) is 19.5. The van der Waals surface area contributed by atoms with Gasteiger partial charge in [-0.25, -0.2) is 0 Å². The van der Waals surface area contributed by atoms with Gasteiger partial charge in [0.1, 0.15) is 17.4 Å². The fraction of sp³-hybridized carbons (Fsp3) is 0.444. The summed E-state index contributed by atoms with van der Waals surface area (Å²) in [5.74, 6) is 0.251. The number of methoxy groups -OCH3 is 1. The maximum absolute atomic E-state index is 12.0. The van der Waals surface area contributed by atoms with Crippen molar-refractivity contribution in [2.75, 3.05) is 32.2 Å². The van der Waals surface area contributed by atoms with Gasteiger partial charge in [-0.1, -0.05) is 13.3 Å². The van der Waals surface area contributed by atoms with Crippen LogP contribution in [0.3, 0.4) is 0 Å². The van der Waals surface area contributed by atoms with E-state index in [0.717, 1.165) is 25.9 Å². The summed E-state index contributed by atoms with van der Waals surface area (Å²) in [6.07, 6.45) is 4.44. The molecule has 1 amide bonds. The van der Waals surface area contributed by atoms with Crippen LogP contribution in [0, 0.1) is 11.3 Å². The van der Waals surface area contributed by atoms with Crippen LogP contribution < -0.4 is 15.4 Å². The van der Waals surface area contributed by atoms with Crippen LogP contribution in [0.25, 0.3) is 0 Å². The zero-order valence-electron chi connectivity index (χ0n) is 14.3. The number of anilines is 1. The minimum absolute atomic E-state index is 0.0257. The minimum Gasteiger partial charge on any atom is -0.497 e. The zero-order valence-corrected chi connectivity index (χ0v) is 14.3. The van der Waals surface area contributed by atoms with Gasteiger partial charge in [-0.05, 0) is 37.1 Å². The van der Waals surface area contributed by atoms with E-state index in [1.54, 1.807) is 31.4 Å². The Kier molecular flexibility index (Phi) is 9.74. The third-order valence-corrected chi connectivity index (χ3v) is 3.21. The number of hydrogen-bond acceptors (Lipinski definition) is 5. The van der Waals surface area contributed by atoms with Crippen molar-refractivity contribution in [2.24, 2.45) is 0 Å². The Bertz CT molecular complexity index is 562. The molecule has 130 valence electrons. The fourth-order valence-corrected chi connectivity index (χ4v) is 1.82. The second-order valence-electron chi connectivity index (χ2n) is 5.13. The first-order valence-electron chi connectivity index (χ1n) is 8.08. The summed E-state index contributed by atoms with van der Waals surface area (Å²) < 4.78 is 10.5. The molecule has 0 bridgehead atoms. The summed E-state index contributed by atoms with van der Waals surface area (Å²) in [5, 5.41) is 14.7. The number of nitrogens with zero attached hydrogens (tertiary/aromatic N) is 1. The molecule has 0 aliphatic heterocycles. The standard InChI is InChI=1S/C18H25N3O3/c1-3-4-11-24-12-5-10-20-14-15(13-19)18(22)21-16-6-8-17(23-2)9-7-16/h6-9,14,20H,3-5,10-12H2,1-2H3,(H,21,22)/b15-14-. The maximum Gasteiger partial charge on any atom is 0.267 e. The molecule has 24 heavy (non-hydrogen) atoms. The van der Waals surface area contributed by atoms with Crippen LogP contribution in [-0.4, -0.2) is 32.8 Å². The molecule has 2 N–H and O–H groups in total. The average Bonchev–Trinajstić information content (AvgIpc) is 2.61. The number of rotatable bonds is 11. The molecule has 0 aromatic heterocycles. The third-order valence-electron chi connectivity index (χ3n) is 3.21. The first-order chi connectivity index (χ1) is 11.7. The van der Waals surface area contributed by atoms with Crippen LogP contribution in [0.2, 0.25) is 0 Å². The van der Waals surface area contributed by atoms with Gasteiger partial charge in [-0.15, -0.1) is 0 Å². The quantitative estimate of drug-likeness (QED) is 0.370. The summed E-state index contributed by atoms with van der Waals surface area (Å²) in [4.78, 5) is 12.0. The highest BCUT2D eigenvalue weighted by Crippen LogP contribution is 2.15. The van der Waals surface area contributed by atoms with E-state index < -0.39 is 5.91 Å². The number of carbonyl (C=O) groups excluding carboxylic acids is 1. The molecular weight excluding hydrogens is 306 g/mol. The minimum atomic E-state index is -0.450. The monoisotopic (exact) mass is 331 g/mol. The molecule has 0 saturated heterocycles. The highest BCUT2D eigenvalue weighted by molar-refractivity contribution is 6.06. The maximum atomic E-state index is 12.0. The lowest BCUT2D eigenvalue weighted by molar-refractivity contribution is -0.112. The molecule has 0 spiro atoms. The molecular formula is C18H25N3O3. The van der Waals surface area contributed by atoms with E-state index in [2.05, 4.69) is 17.6 Å². The van der Waals surface area contributed by atoms with Gasteiger partial charge in [-0.2, -0.15) is 5.26 Å². The number of amides is 1. The van der Waals surface area contributed by atoms with Gasteiger partial charge in [0, 0.05) is 31.6 Å². The van der Waals surface area contributed by atoms with Crippen molar-refractivity contribution in [3.63, 3.8) is 0 Å². The lowest BCUT2D eigenvalue weighted by Gasteiger charge is -2.06. The lowest BCUT2D eigenvalue weighted by atomic mass is 10.2. The highest BCUT2D eigenvalue weighted by Gasteiger charge is 2.09. The van der Waals surface area contributed by atoms with Crippen LogP contribution >= 0.6 is 0 Å². The van der Waals surface area contributed by atoms with Crippen molar-refractivity contribution in [3.8, 4) is 11.8 Å². The summed E-state index contributed by atoms with van der Waals surface area (Å²) in [6.45, 7) is 4.21. The van der Waals surface area contributed by atoms with E-state index in [1.165, 1.54) is 6.20 Å². The predicted octanol–water partition coefficient (Wildman–Crippen LogP) is 2.84. The second kappa shape index (κ2) is 12.0. The lowest BCUT2D eigenvalue weighted by Crippen LogP contribution is -2.17. The molecule has 1 aromatic rings. The fourth-order valence-electron chi connectivity index (χ4n) is 1.82. The van der Waals surface area contributed by atoms with Crippen molar-refractivity contribution in [3.05, 3.63) is 36.0 Å². The SMILES string of the molecule is CCCCOCCCN/C=C(/C#N)C(=O)Nc1ccc(OC)cc1. The van der Waals surface area contributed by atoms with Crippen LogP contribution in [-0.2, 0) is 9.53 Å². The van der Waals surface area contributed by atoms with Crippen LogP contribution in [0.4, 0.5) is 5.69 Å². The Hall–Kier alpha value is -2.52.